The predicted octanol–water partition coefficient (Wildman–Crippen LogP) is 5.97. The van der Waals surface area contributed by atoms with Crippen molar-refractivity contribution in [3.8, 4) is 20.2 Å². The Morgan fingerprint density at radius 3 is 2.47 bits per heavy atom. The van der Waals surface area contributed by atoms with E-state index in [1.54, 1.807) is 10.4 Å². The second-order valence-corrected chi connectivity index (χ2v) is 7.77. The minimum absolute atomic E-state index is 1.25. The highest BCUT2D eigenvalue weighted by Crippen LogP contribution is 2.42. The molecular weight excluding hydrogens is 288 g/mol. The van der Waals surface area contributed by atoms with Crippen LogP contribution in [0, 0.1) is 0 Å². The first-order valence-electron chi connectivity index (χ1n) is 6.48. The first-order chi connectivity index (χ1) is 9.42. The molecule has 3 heterocycles. The van der Waals surface area contributed by atoms with Gasteiger partial charge in [0.2, 0.25) is 21.1 Å². The molecule has 0 spiro atoms. The van der Waals surface area contributed by atoms with E-state index >= 15 is 0 Å². The van der Waals surface area contributed by atoms with E-state index < -0.39 is 0 Å². The van der Waals surface area contributed by atoms with Gasteiger partial charge in [-0.1, -0.05) is 12.1 Å². The lowest BCUT2D eigenvalue weighted by Gasteiger charge is -2.02. The minimum Gasteiger partial charge on any atom is -0.144 e. The largest absolute Gasteiger partial charge is 0.248 e. The van der Waals surface area contributed by atoms with Gasteiger partial charge < -0.3 is 0 Å². The normalized spacial score (nSPS) is 13.7. The zero-order chi connectivity index (χ0) is 12.7. The second kappa shape index (κ2) is 4.82. The molecule has 3 aromatic heterocycles. The fourth-order valence-electron chi connectivity index (χ4n) is 2.69. The zero-order valence-corrected chi connectivity index (χ0v) is 12.8. The molecule has 0 amide bonds. The molecule has 0 saturated carbocycles. The van der Waals surface area contributed by atoms with Crippen LogP contribution < -0.4 is 0 Å². The fraction of sp³-hybridized carbons (Fsp3) is 0.188. The second-order valence-electron chi connectivity index (χ2n) is 4.73. The Hall–Kier alpha value is -1.03. The smallest absolute Gasteiger partial charge is 0.144 e. The number of rotatable bonds is 2. The van der Waals surface area contributed by atoms with E-state index in [-0.39, 0.29) is 0 Å². The standard InChI is InChI=1S/C16H13S3/c1-4-11-12(13-6-2-8-17-13)10-16(19-14(11)5-1)15-7-3-9-18-15/h2-3,6-10H,1,4-5H2/q+1. The molecule has 3 aromatic rings. The summed E-state index contributed by atoms with van der Waals surface area (Å²) in [7, 11) is 0. The Kier molecular flexibility index (Phi) is 2.98. The maximum absolute atomic E-state index is 2.41. The molecule has 0 unspecified atom stereocenters. The van der Waals surface area contributed by atoms with E-state index in [1.165, 1.54) is 39.5 Å². The highest BCUT2D eigenvalue weighted by Gasteiger charge is 2.28. The summed E-state index contributed by atoms with van der Waals surface area (Å²) in [6.07, 6.45) is 3.83. The van der Waals surface area contributed by atoms with Crippen molar-refractivity contribution in [1.82, 2.24) is 0 Å². The molecule has 1 aliphatic rings. The van der Waals surface area contributed by atoms with Crippen molar-refractivity contribution in [3.63, 3.8) is 0 Å². The van der Waals surface area contributed by atoms with E-state index in [4.69, 9.17) is 0 Å². The van der Waals surface area contributed by atoms with Gasteiger partial charge in [0.1, 0.15) is 0 Å². The topological polar surface area (TPSA) is 0 Å². The average molecular weight is 301 g/mol. The summed E-state index contributed by atoms with van der Waals surface area (Å²) in [5, 5.41) is 4.35. The third-order valence-electron chi connectivity index (χ3n) is 3.55. The number of hydrogen-bond donors (Lipinski definition) is 0. The van der Waals surface area contributed by atoms with Crippen molar-refractivity contribution in [2.24, 2.45) is 0 Å². The number of thiophene rings is 2. The highest BCUT2D eigenvalue weighted by molar-refractivity contribution is 7.21. The number of aryl methyl sites for hydroxylation is 1. The van der Waals surface area contributed by atoms with Crippen LogP contribution in [0.25, 0.3) is 20.2 Å². The summed E-state index contributed by atoms with van der Waals surface area (Å²) in [6.45, 7) is 0. The molecule has 1 aliphatic carbocycles. The summed E-state index contributed by atoms with van der Waals surface area (Å²) in [4.78, 5) is 5.86. The van der Waals surface area contributed by atoms with Gasteiger partial charge in [-0.2, -0.15) is 0 Å². The first-order valence-corrected chi connectivity index (χ1v) is 9.06. The lowest BCUT2D eigenvalue weighted by atomic mass is 10.1. The fourth-order valence-corrected chi connectivity index (χ4v) is 5.55. The van der Waals surface area contributed by atoms with E-state index in [9.17, 15) is 0 Å². The number of hydrogen-bond acceptors (Lipinski definition) is 2. The monoisotopic (exact) mass is 301 g/mol. The minimum atomic E-state index is 1.25. The molecule has 0 N–H and O–H groups in total. The Morgan fingerprint density at radius 1 is 0.947 bits per heavy atom. The maximum Gasteiger partial charge on any atom is 0.248 e. The lowest BCUT2D eigenvalue weighted by Crippen LogP contribution is -1.86. The summed E-state index contributed by atoms with van der Waals surface area (Å²) >= 11 is 5.69. The van der Waals surface area contributed by atoms with Crippen molar-refractivity contribution in [3.05, 3.63) is 51.5 Å². The molecule has 0 radical (unpaired) electrons. The first kappa shape index (κ1) is 11.8. The molecule has 3 heteroatoms. The third kappa shape index (κ3) is 2.06. The highest BCUT2D eigenvalue weighted by atomic mass is 32.1. The molecule has 0 bridgehead atoms. The van der Waals surface area contributed by atoms with Crippen molar-refractivity contribution >= 4 is 34.0 Å². The molecular formula is C16H13S3+. The lowest BCUT2D eigenvalue weighted by molar-refractivity contribution is 0.916. The van der Waals surface area contributed by atoms with Gasteiger partial charge in [0.05, 0.1) is 4.88 Å². The molecule has 0 fully saturated rings. The van der Waals surface area contributed by atoms with Crippen LogP contribution in [-0.4, -0.2) is 0 Å². The van der Waals surface area contributed by atoms with Crippen molar-refractivity contribution < 1.29 is 0 Å². The SMILES string of the molecule is c1csc(-c2cc(-c3cccs3)c3c([s+]2)CCC3)c1. The Morgan fingerprint density at radius 2 is 1.74 bits per heavy atom. The van der Waals surface area contributed by atoms with Crippen molar-refractivity contribution in [2.45, 2.75) is 19.3 Å². The van der Waals surface area contributed by atoms with Crippen molar-refractivity contribution in [2.75, 3.05) is 0 Å². The van der Waals surface area contributed by atoms with E-state index in [1.807, 2.05) is 34.0 Å². The van der Waals surface area contributed by atoms with E-state index in [0.717, 1.165) is 0 Å². The average Bonchev–Trinajstić information content (AvgIpc) is 3.18. The molecule has 0 saturated heterocycles. The van der Waals surface area contributed by atoms with Crippen LogP contribution >= 0.6 is 34.0 Å². The van der Waals surface area contributed by atoms with Crippen LogP contribution in [0.1, 0.15) is 16.9 Å². The van der Waals surface area contributed by atoms with Crippen LogP contribution in [0.15, 0.2) is 41.1 Å². The van der Waals surface area contributed by atoms with Crippen LogP contribution in [-0.2, 0) is 12.8 Å². The van der Waals surface area contributed by atoms with Crippen LogP contribution in [0.3, 0.4) is 0 Å². The van der Waals surface area contributed by atoms with Gasteiger partial charge in [-0.25, -0.2) is 0 Å². The van der Waals surface area contributed by atoms with Crippen molar-refractivity contribution in [1.29, 1.82) is 0 Å². The quantitative estimate of drug-likeness (QED) is 0.511. The van der Waals surface area contributed by atoms with Crippen LogP contribution in [0.4, 0.5) is 0 Å². The molecule has 0 nitrogen and oxygen atoms in total. The molecule has 94 valence electrons. The van der Waals surface area contributed by atoms with Gasteiger partial charge in [0.25, 0.3) is 0 Å². The van der Waals surface area contributed by atoms with Gasteiger partial charge in [0.15, 0.2) is 0 Å². The Labute approximate surface area is 125 Å². The molecule has 0 aromatic carbocycles. The van der Waals surface area contributed by atoms with Gasteiger partial charge in [-0.05, 0) is 35.7 Å². The van der Waals surface area contributed by atoms with Crippen LogP contribution in [0.2, 0.25) is 0 Å². The summed E-state index contributed by atoms with van der Waals surface area (Å²) < 4.78 is 0. The summed E-state index contributed by atoms with van der Waals surface area (Å²) in [5.74, 6) is 0. The number of fused-ring (bicyclic) bond motifs is 1. The molecule has 4 rings (SSSR count). The maximum atomic E-state index is 2.41. The van der Waals surface area contributed by atoms with Gasteiger partial charge in [0, 0.05) is 28.5 Å². The summed E-state index contributed by atoms with van der Waals surface area (Å²) in [6, 6.07) is 11.2. The van der Waals surface area contributed by atoms with Crippen LogP contribution in [0.5, 0.6) is 0 Å². The molecule has 0 aliphatic heterocycles. The predicted molar refractivity (Wildman–Crippen MR) is 87.4 cm³/mol. The van der Waals surface area contributed by atoms with E-state index in [2.05, 4.69) is 41.1 Å². The third-order valence-corrected chi connectivity index (χ3v) is 6.74. The van der Waals surface area contributed by atoms with Gasteiger partial charge >= 0.3 is 0 Å². The Balaban J connectivity index is 1.94. The van der Waals surface area contributed by atoms with E-state index in [0.29, 0.717) is 0 Å². The zero-order valence-electron chi connectivity index (χ0n) is 10.4. The summed E-state index contributed by atoms with van der Waals surface area (Å²) in [5.41, 5.74) is 3.08. The van der Waals surface area contributed by atoms with Gasteiger partial charge in [-0.15, -0.1) is 22.7 Å². The molecule has 0 atom stereocenters. The Bertz CT molecular complexity index is 694. The molecule has 19 heavy (non-hydrogen) atoms. The van der Waals surface area contributed by atoms with Gasteiger partial charge in [-0.3, -0.25) is 0 Å².